The largest absolute Gasteiger partial charge is 0.497 e. The van der Waals surface area contributed by atoms with Crippen LogP contribution in [-0.4, -0.2) is 31.4 Å². The van der Waals surface area contributed by atoms with Gasteiger partial charge in [-0.3, -0.25) is 4.79 Å². The van der Waals surface area contributed by atoms with Gasteiger partial charge in [0.2, 0.25) is 5.76 Å². The van der Waals surface area contributed by atoms with Gasteiger partial charge in [-0.05, 0) is 43.5 Å². The van der Waals surface area contributed by atoms with E-state index in [1.165, 1.54) is 6.07 Å². The van der Waals surface area contributed by atoms with Gasteiger partial charge in [-0.25, -0.2) is 4.79 Å². The molecule has 2 aromatic carbocycles. The van der Waals surface area contributed by atoms with E-state index >= 15 is 0 Å². The van der Waals surface area contributed by atoms with Gasteiger partial charge in [0.1, 0.15) is 22.8 Å². The lowest BCUT2D eigenvalue weighted by molar-refractivity contribution is 0.0663. The zero-order valence-corrected chi connectivity index (χ0v) is 16.1. The number of carboxylic acid groups (broad SMARTS) is 1. The summed E-state index contributed by atoms with van der Waals surface area (Å²) >= 11 is 0. The molecule has 3 aromatic rings. The van der Waals surface area contributed by atoms with Crippen LogP contribution in [0.4, 0.5) is 0 Å². The summed E-state index contributed by atoms with van der Waals surface area (Å²) in [5.74, 6) is 0.384. The predicted octanol–water partition coefficient (Wildman–Crippen LogP) is 4.13. The minimum Gasteiger partial charge on any atom is -0.497 e. The summed E-state index contributed by atoms with van der Waals surface area (Å²) in [4.78, 5) is 23.0. The number of fused-ring (bicyclic) bond motifs is 1. The number of benzene rings is 2. The maximum Gasteiger partial charge on any atom is 0.371 e. The second-order valence-corrected chi connectivity index (χ2v) is 6.37. The Hall–Kier alpha value is -3.48. The number of aromatic carboxylic acids is 1. The molecular weight excluding hydrogens is 376 g/mol. The molecule has 0 unspecified atom stereocenters. The first-order valence-corrected chi connectivity index (χ1v) is 9.27. The first-order valence-electron chi connectivity index (χ1n) is 9.27. The molecule has 0 amide bonds. The molecule has 1 heterocycles. The van der Waals surface area contributed by atoms with Crippen molar-refractivity contribution in [1.29, 1.82) is 0 Å². The fourth-order valence-corrected chi connectivity index (χ4v) is 2.78. The molecule has 0 aliphatic carbocycles. The van der Waals surface area contributed by atoms with Gasteiger partial charge in [0.25, 0.3) is 0 Å². The molecule has 0 atom stereocenters. The number of hydrogen-bond acceptors (Lipinski definition) is 6. The quantitative estimate of drug-likeness (QED) is 0.513. The van der Waals surface area contributed by atoms with Gasteiger partial charge in [0.15, 0.2) is 5.43 Å². The van der Waals surface area contributed by atoms with Gasteiger partial charge >= 0.3 is 5.97 Å². The standard InChI is InChI=1S/C22H22O7/c1-26-15-6-5-7-16(12-15)27-10-3-2-4-11-28-17-8-9-18-19(23)14-21(22(24)25)29-20(18)13-17/h5-9,12-14H,2-4,10-11H2,1H3,(H,24,25). The fraction of sp³-hybridized carbons (Fsp3) is 0.273. The van der Waals surface area contributed by atoms with Crippen molar-refractivity contribution < 1.29 is 28.5 Å². The van der Waals surface area contributed by atoms with Crippen LogP contribution in [-0.2, 0) is 0 Å². The molecular formula is C22H22O7. The Labute approximate surface area is 167 Å². The van der Waals surface area contributed by atoms with Crippen LogP contribution in [0.15, 0.2) is 57.7 Å². The smallest absolute Gasteiger partial charge is 0.371 e. The van der Waals surface area contributed by atoms with Gasteiger partial charge < -0.3 is 23.7 Å². The van der Waals surface area contributed by atoms with Crippen LogP contribution in [0.25, 0.3) is 11.0 Å². The Morgan fingerprint density at radius 2 is 1.62 bits per heavy atom. The van der Waals surface area contributed by atoms with Crippen LogP contribution in [0.2, 0.25) is 0 Å². The van der Waals surface area contributed by atoms with Crippen molar-refractivity contribution in [3.05, 3.63) is 64.5 Å². The van der Waals surface area contributed by atoms with Crippen LogP contribution < -0.4 is 19.6 Å². The Morgan fingerprint density at radius 3 is 2.31 bits per heavy atom. The monoisotopic (exact) mass is 398 g/mol. The van der Waals surface area contributed by atoms with E-state index in [0.717, 1.165) is 36.8 Å². The number of rotatable bonds is 10. The van der Waals surface area contributed by atoms with Gasteiger partial charge in [-0.15, -0.1) is 0 Å². The fourth-order valence-electron chi connectivity index (χ4n) is 2.78. The Balaban J connectivity index is 1.43. The molecule has 0 aliphatic heterocycles. The molecule has 152 valence electrons. The summed E-state index contributed by atoms with van der Waals surface area (Å²) in [6.45, 7) is 1.10. The lowest BCUT2D eigenvalue weighted by Gasteiger charge is -2.09. The van der Waals surface area contributed by atoms with E-state index in [0.29, 0.717) is 24.3 Å². The van der Waals surface area contributed by atoms with Crippen LogP contribution in [0.1, 0.15) is 29.8 Å². The maximum atomic E-state index is 11.9. The van der Waals surface area contributed by atoms with E-state index in [9.17, 15) is 9.59 Å². The maximum absolute atomic E-state index is 11.9. The SMILES string of the molecule is COc1cccc(OCCCCCOc2ccc3c(=O)cc(C(=O)O)oc3c2)c1. The topological polar surface area (TPSA) is 95.2 Å². The van der Waals surface area contributed by atoms with E-state index in [-0.39, 0.29) is 5.58 Å². The zero-order chi connectivity index (χ0) is 20.6. The van der Waals surface area contributed by atoms with Gasteiger partial charge in [-0.2, -0.15) is 0 Å². The summed E-state index contributed by atoms with van der Waals surface area (Å²) < 4.78 is 21.8. The Kier molecular flexibility index (Phi) is 6.73. The molecule has 3 rings (SSSR count). The Bertz CT molecular complexity index is 1040. The first kappa shape index (κ1) is 20.3. The van der Waals surface area contributed by atoms with Crippen molar-refractivity contribution >= 4 is 16.9 Å². The number of hydrogen-bond donors (Lipinski definition) is 1. The lowest BCUT2D eigenvalue weighted by atomic mass is 10.2. The predicted molar refractivity (Wildman–Crippen MR) is 107 cm³/mol. The molecule has 0 spiro atoms. The van der Waals surface area contributed by atoms with Gasteiger partial charge in [0.05, 0.1) is 25.7 Å². The molecule has 0 saturated carbocycles. The summed E-state index contributed by atoms with van der Waals surface area (Å²) in [5.41, 5.74) is -0.203. The Morgan fingerprint density at radius 1 is 0.931 bits per heavy atom. The highest BCUT2D eigenvalue weighted by Crippen LogP contribution is 2.21. The summed E-state index contributed by atoms with van der Waals surface area (Å²) in [6.07, 6.45) is 2.64. The van der Waals surface area contributed by atoms with Crippen molar-refractivity contribution in [1.82, 2.24) is 0 Å². The van der Waals surface area contributed by atoms with Crippen molar-refractivity contribution in [2.75, 3.05) is 20.3 Å². The summed E-state index contributed by atoms with van der Waals surface area (Å²) in [6, 6.07) is 13.2. The normalized spacial score (nSPS) is 10.7. The van der Waals surface area contributed by atoms with Gasteiger partial charge in [-0.1, -0.05) is 6.07 Å². The summed E-state index contributed by atoms with van der Waals surface area (Å²) in [7, 11) is 1.62. The molecule has 1 aromatic heterocycles. The second kappa shape index (κ2) is 9.64. The molecule has 0 fully saturated rings. The number of carbonyl (C=O) groups is 1. The van der Waals surface area contributed by atoms with E-state index in [1.54, 1.807) is 19.2 Å². The average Bonchev–Trinajstić information content (AvgIpc) is 2.72. The van der Waals surface area contributed by atoms with E-state index in [1.807, 2.05) is 24.3 Å². The number of carboxylic acids is 1. The van der Waals surface area contributed by atoms with E-state index < -0.39 is 17.2 Å². The third-order valence-electron chi connectivity index (χ3n) is 4.28. The van der Waals surface area contributed by atoms with Crippen LogP contribution in [0.3, 0.4) is 0 Å². The minimum atomic E-state index is -1.29. The highest BCUT2D eigenvalue weighted by Gasteiger charge is 2.11. The summed E-state index contributed by atoms with van der Waals surface area (Å²) in [5, 5.41) is 9.32. The highest BCUT2D eigenvalue weighted by molar-refractivity contribution is 5.87. The second-order valence-electron chi connectivity index (χ2n) is 6.37. The molecule has 1 N–H and O–H groups in total. The van der Waals surface area contributed by atoms with Crippen molar-refractivity contribution in [2.24, 2.45) is 0 Å². The van der Waals surface area contributed by atoms with Crippen LogP contribution in [0.5, 0.6) is 17.2 Å². The molecule has 7 heteroatoms. The molecule has 29 heavy (non-hydrogen) atoms. The zero-order valence-electron chi connectivity index (χ0n) is 16.1. The van der Waals surface area contributed by atoms with Crippen LogP contribution >= 0.6 is 0 Å². The minimum absolute atomic E-state index is 0.194. The van der Waals surface area contributed by atoms with Crippen molar-refractivity contribution in [3.63, 3.8) is 0 Å². The number of ether oxygens (including phenoxy) is 3. The van der Waals surface area contributed by atoms with Crippen molar-refractivity contribution in [2.45, 2.75) is 19.3 Å². The lowest BCUT2D eigenvalue weighted by Crippen LogP contribution is -2.06. The van der Waals surface area contributed by atoms with Gasteiger partial charge in [0, 0.05) is 18.2 Å². The van der Waals surface area contributed by atoms with Crippen molar-refractivity contribution in [3.8, 4) is 17.2 Å². The molecule has 0 bridgehead atoms. The third-order valence-corrected chi connectivity index (χ3v) is 4.28. The average molecular weight is 398 g/mol. The van der Waals surface area contributed by atoms with E-state index in [4.69, 9.17) is 23.7 Å². The molecule has 7 nitrogen and oxygen atoms in total. The highest BCUT2D eigenvalue weighted by atomic mass is 16.5. The van der Waals surface area contributed by atoms with Crippen LogP contribution in [0, 0.1) is 0 Å². The molecule has 0 radical (unpaired) electrons. The molecule has 0 saturated heterocycles. The van der Waals surface area contributed by atoms with E-state index in [2.05, 4.69) is 0 Å². The number of unbranched alkanes of at least 4 members (excludes halogenated alkanes) is 2. The molecule has 0 aliphatic rings. The first-order chi connectivity index (χ1) is 14.1. The third kappa shape index (κ3) is 5.51. The number of methoxy groups -OCH3 is 1.